The van der Waals surface area contributed by atoms with Gasteiger partial charge < -0.3 is 10.6 Å². The molecule has 17 heavy (non-hydrogen) atoms. The van der Waals surface area contributed by atoms with Crippen molar-refractivity contribution in [3.8, 4) is 0 Å². The maximum absolute atomic E-state index is 11.9. The van der Waals surface area contributed by atoms with Gasteiger partial charge in [-0.3, -0.25) is 0 Å². The minimum Gasteiger partial charge on any atom is -0.363 e. The third-order valence-corrected chi connectivity index (χ3v) is 3.13. The van der Waals surface area contributed by atoms with E-state index < -0.39 is 12.6 Å². The lowest BCUT2D eigenvalue weighted by atomic mass is 10.2. The van der Waals surface area contributed by atoms with Crippen LogP contribution < -0.4 is 10.6 Å². The first-order chi connectivity index (χ1) is 7.97. The van der Waals surface area contributed by atoms with Crippen molar-refractivity contribution in [1.29, 1.82) is 0 Å². The molecule has 0 saturated heterocycles. The van der Waals surface area contributed by atoms with Crippen molar-refractivity contribution in [3.63, 3.8) is 0 Å². The SMILES string of the molecule is FC(F)(F)CCCCNC(=S)NC1CCCC1. The molecule has 1 aliphatic rings. The predicted octanol–water partition coefficient (Wildman–Crippen LogP) is 3.13. The highest BCUT2D eigenvalue weighted by Gasteiger charge is 2.25. The van der Waals surface area contributed by atoms with Gasteiger partial charge >= 0.3 is 6.18 Å². The van der Waals surface area contributed by atoms with Gasteiger partial charge in [0.05, 0.1) is 0 Å². The van der Waals surface area contributed by atoms with Gasteiger partial charge in [-0.05, 0) is 37.9 Å². The molecule has 0 spiro atoms. The van der Waals surface area contributed by atoms with Gasteiger partial charge in [0.25, 0.3) is 0 Å². The molecule has 0 heterocycles. The maximum atomic E-state index is 11.9. The molecule has 1 saturated carbocycles. The Morgan fingerprint density at radius 3 is 2.41 bits per heavy atom. The lowest BCUT2D eigenvalue weighted by Gasteiger charge is -2.15. The molecule has 0 atom stereocenters. The second-order valence-corrected chi connectivity index (χ2v) is 4.86. The van der Waals surface area contributed by atoms with Gasteiger partial charge in [-0.1, -0.05) is 12.8 Å². The van der Waals surface area contributed by atoms with Crippen LogP contribution in [0.5, 0.6) is 0 Å². The van der Waals surface area contributed by atoms with Crippen LogP contribution in [0.2, 0.25) is 0 Å². The van der Waals surface area contributed by atoms with Gasteiger partial charge in [0.2, 0.25) is 0 Å². The molecule has 0 amide bonds. The van der Waals surface area contributed by atoms with E-state index in [1.807, 2.05) is 0 Å². The summed E-state index contributed by atoms with van der Waals surface area (Å²) >= 11 is 5.07. The minimum absolute atomic E-state index is 0.155. The molecule has 1 rings (SSSR count). The average molecular weight is 268 g/mol. The first kappa shape index (κ1) is 14.5. The Balaban J connectivity index is 1.96. The minimum atomic E-state index is -4.04. The number of hydrogen-bond acceptors (Lipinski definition) is 1. The number of rotatable bonds is 5. The molecule has 2 N–H and O–H groups in total. The first-order valence-electron chi connectivity index (χ1n) is 6.08. The summed E-state index contributed by atoms with van der Waals surface area (Å²) in [4.78, 5) is 0. The molecule has 6 heteroatoms. The molecule has 1 fully saturated rings. The smallest absolute Gasteiger partial charge is 0.363 e. The van der Waals surface area contributed by atoms with E-state index in [2.05, 4.69) is 10.6 Å². The third-order valence-electron chi connectivity index (χ3n) is 2.86. The quantitative estimate of drug-likeness (QED) is 0.592. The highest BCUT2D eigenvalue weighted by Crippen LogP contribution is 2.21. The normalized spacial score (nSPS) is 17.1. The van der Waals surface area contributed by atoms with Gasteiger partial charge in [-0.2, -0.15) is 13.2 Å². The van der Waals surface area contributed by atoms with Crippen LogP contribution in [0.25, 0.3) is 0 Å². The van der Waals surface area contributed by atoms with E-state index >= 15 is 0 Å². The summed E-state index contributed by atoms with van der Waals surface area (Å²) < 4.78 is 35.6. The molecule has 0 unspecified atom stereocenters. The molecule has 1 aliphatic carbocycles. The van der Waals surface area contributed by atoms with E-state index in [1.54, 1.807) is 0 Å². The number of nitrogens with one attached hydrogen (secondary N) is 2. The van der Waals surface area contributed by atoms with E-state index in [9.17, 15) is 13.2 Å². The van der Waals surface area contributed by atoms with Crippen LogP contribution in [-0.2, 0) is 0 Å². The van der Waals surface area contributed by atoms with Crippen molar-refractivity contribution in [3.05, 3.63) is 0 Å². The average Bonchev–Trinajstić information content (AvgIpc) is 2.68. The van der Waals surface area contributed by atoms with Crippen LogP contribution in [0.1, 0.15) is 44.9 Å². The summed E-state index contributed by atoms with van der Waals surface area (Å²) in [7, 11) is 0. The van der Waals surface area contributed by atoms with Crippen LogP contribution in [0.3, 0.4) is 0 Å². The Bertz CT molecular complexity index is 237. The van der Waals surface area contributed by atoms with Gasteiger partial charge in [-0.25, -0.2) is 0 Å². The molecule has 100 valence electrons. The Labute approximate surface area is 105 Å². The largest absolute Gasteiger partial charge is 0.389 e. The number of alkyl halides is 3. The van der Waals surface area contributed by atoms with Crippen molar-refractivity contribution in [2.24, 2.45) is 0 Å². The number of unbranched alkanes of at least 4 members (excludes halogenated alkanes) is 1. The predicted molar refractivity (Wildman–Crippen MR) is 65.9 cm³/mol. The van der Waals surface area contributed by atoms with Crippen LogP contribution in [0, 0.1) is 0 Å². The second-order valence-electron chi connectivity index (χ2n) is 4.45. The molecule has 2 nitrogen and oxygen atoms in total. The first-order valence-corrected chi connectivity index (χ1v) is 6.49. The van der Waals surface area contributed by atoms with Crippen molar-refractivity contribution in [2.75, 3.05) is 6.54 Å². The number of thiocarbonyl (C=S) groups is 1. The molecular weight excluding hydrogens is 249 g/mol. The zero-order valence-electron chi connectivity index (χ0n) is 9.78. The third kappa shape index (κ3) is 7.41. The molecule has 0 aromatic heterocycles. The fourth-order valence-corrected chi connectivity index (χ4v) is 2.23. The summed E-state index contributed by atoms with van der Waals surface area (Å²) in [5, 5.41) is 6.71. The van der Waals surface area contributed by atoms with Crippen LogP contribution in [0.15, 0.2) is 0 Å². The van der Waals surface area contributed by atoms with Gasteiger partial charge in [0, 0.05) is 19.0 Å². The molecule has 0 aromatic rings. The molecule has 0 bridgehead atoms. The molecule has 0 aliphatic heterocycles. The van der Waals surface area contributed by atoms with E-state index in [-0.39, 0.29) is 6.42 Å². The zero-order chi connectivity index (χ0) is 12.7. The van der Waals surface area contributed by atoms with Crippen molar-refractivity contribution in [2.45, 2.75) is 57.2 Å². The van der Waals surface area contributed by atoms with E-state index in [0.29, 0.717) is 24.1 Å². The highest BCUT2D eigenvalue weighted by molar-refractivity contribution is 7.80. The summed E-state index contributed by atoms with van der Waals surface area (Å²) in [6.45, 7) is 0.509. The second kappa shape index (κ2) is 7.03. The Morgan fingerprint density at radius 1 is 1.18 bits per heavy atom. The standard InChI is InChI=1S/C11H19F3N2S/c12-11(13,14)7-3-4-8-15-10(17)16-9-5-1-2-6-9/h9H,1-8H2,(H2,15,16,17). The van der Waals surface area contributed by atoms with Gasteiger partial charge in [0.15, 0.2) is 5.11 Å². The van der Waals surface area contributed by atoms with Gasteiger partial charge in [-0.15, -0.1) is 0 Å². The van der Waals surface area contributed by atoms with E-state index in [0.717, 1.165) is 12.8 Å². The zero-order valence-corrected chi connectivity index (χ0v) is 10.6. The van der Waals surface area contributed by atoms with Crippen LogP contribution >= 0.6 is 12.2 Å². The summed E-state index contributed by atoms with van der Waals surface area (Å²) in [6.07, 6.45) is 0.623. The number of halogens is 3. The number of hydrogen-bond donors (Lipinski definition) is 2. The van der Waals surface area contributed by atoms with Crippen molar-refractivity contribution >= 4 is 17.3 Å². The molecule has 0 radical (unpaired) electrons. The Kier molecular flexibility index (Phi) is 6.02. The van der Waals surface area contributed by atoms with Gasteiger partial charge in [0.1, 0.15) is 0 Å². The molecule has 0 aromatic carbocycles. The van der Waals surface area contributed by atoms with Crippen LogP contribution in [-0.4, -0.2) is 23.9 Å². The summed E-state index contributed by atoms with van der Waals surface area (Å²) in [5.41, 5.74) is 0. The fraction of sp³-hybridized carbons (Fsp3) is 0.909. The Hall–Kier alpha value is -0.520. The van der Waals surface area contributed by atoms with E-state index in [1.165, 1.54) is 12.8 Å². The Morgan fingerprint density at radius 2 is 1.82 bits per heavy atom. The molecular formula is C11H19F3N2S. The summed E-state index contributed by atoms with van der Waals surface area (Å²) in [6, 6.07) is 0.449. The monoisotopic (exact) mass is 268 g/mol. The topological polar surface area (TPSA) is 24.1 Å². The van der Waals surface area contributed by atoms with Crippen LogP contribution in [0.4, 0.5) is 13.2 Å². The highest BCUT2D eigenvalue weighted by atomic mass is 32.1. The van der Waals surface area contributed by atoms with E-state index in [4.69, 9.17) is 12.2 Å². The van der Waals surface area contributed by atoms with Crippen molar-refractivity contribution in [1.82, 2.24) is 10.6 Å². The lowest BCUT2D eigenvalue weighted by Crippen LogP contribution is -2.41. The fourth-order valence-electron chi connectivity index (χ4n) is 1.96. The van der Waals surface area contributed by atoms with Crippen molar-refractivity contribution < 1.29 is 13.2 Å². The maximum Gasteiger partial charge on any atom is 0.389 e. The lowest BCUT2D eigenvalue weighted by molar-refractivity contribution is -0.135. The summed E-state index contributed by atoms with van der Waals surface area (Å²) in [5.74, 6) is 0.